The first kappa shape index (κ1) is 14.7. The van der Waals surface area contributed by atoms with E-state index in [1.807, 2.05) is 6.07 Å². The molecular formula is C16H14N4O3. The number of aromatic amines is 1. The predicted octanol–water partition coefficient (Wildman–Crippen LogP) is 1.49. The zero-order chi connectivity index (χ0) is 16.1. The summed E-state index contributed by atoms with van der Waals surface area (Å²) in [5.74, 6) is -0.524. The number of hydrogen-bond acceptors (Lipinski definition) is 5. The molecule has 0 saturated carbocycles. The summed E-state index contributed by atoms with van der Waals surface area (Å²) >= 11 is 0. The van der Waals surface area contributed by atoms with E-state index in [9.17, 15) is 9.59 Å². The summed E-state index contributed by atoms with van der Waals surface area (Å²) in [7, 11) is 0. The Balaban J connectivity index is 1.60. The average Bonchev–Trinajstić information content (AvgIpc) is 3.07. The Morgan fingerprint density at radius 3 is 2.83 bits per heavy atom. The number of pyridine rings is 2. The summed E-state index contributed by atoms with van der Waals surface area (Å²) in [6.45, 7) is 0.396. The number of rotatable bonds is 5. The molecule has 3 aromatic heterocycles. The van der Waals surface area contributed by atoms with Gasteiger partial charge >= 0.3 is 5.97 Å². The summed E-state index contributed by atoms with van der Waals surface area (Å²) in [6.07, 6.45) is 3.30. The van der Waals surface area contributed by atoms with Crippen LogP contribution in [0.15, 0.2) is 59.7 Å². The molecule has 0 saturated heterocycles. The summed E-state index contributed by atoms with van der Waals surface area (Å²) in [4.78, 5) is 27.6. The maximum Gasteiger partial charge on any atom is 0.356 e. The molecule has 116 valence electrons. The first-order valence-electron chi connectivity index (χ1n) is 7.03. The Labute approximate surface area is 131 Å². The van der Waals surface area contributed by atoms with E-state index in [4.69, 9.17) is 4.74 Å². The van der Waals surface area contributed by atoms with E-state index < -0.39 is 5.97 Å². The fourth-order valence-corrected chi connectivity index (χ4v) is 2.03. The van der Waals surface area contributed by atoms with Crippen LogP contribution in [-0.2, 0) is 11.3 Å². The van der Waals surface area contributed by atoms with Gasteiger partial charge in [0, 0.05) is 24.5 Å². The van der Waals surface area contributed by atoms with Crippen LogP contribution in [0.25, 0.3) is 11.4 Å². The molecular weight excluding hydrogens is 296 g/mol. The van der Waals surface area contributed by atoms with Crippen LogP contribution >= 0.6 is 0 Å². The zero-order valence-electron chi connectivity index (χ0n) is 12.2. The van der Waals surface area contributed by atoms with Crippen LogP contribution in [0.3, 0.4) is 0 Å². The number of hydrogen-bond donors (Lipinski definition) is 1. The van der Waals surface area contributed by atoms with Crippen LogP contribution < -0.4 is 5.56 Å². The normalized spacial score (nSPS) is 10.4. The molecule has 0 unspecified atom stereocenters. The van der Waals surface area contributed by atoms with E-state index in [2.05, 4.69) is 15.2 Å². The molecule has 0 amide bonds. The summed E-state index contributed by atoms with van der Waals surface area (Å²) in [6, 6.07) is 11.9. The third-order valence-corrected chi connectivity index (χ3v) is 3.19. The molecule has 7 heteroatoms. The highest BCUT2D eigenvalue weighted by atomic mass is 16.5. The van der Waals surface area contributed by atoms with Gasteiger partial charge in [0.1, 0.15) is 18.0 Å². The third kappa shape index (κ3) is 3.52. The van der Waals surface area contributed by atoms with E-state index in [1.165, 1.54) is 10.6 Å². The number of carbonyl (C=O) groups is 1. The number of ether oxygens (including phenoxy) is 1. The number of esters is 1. The standard InChI is InChI=1S/C16H14N4O3/c21-15-6-2-4-8-20(15)9-10-23-16(22)14-11-13(18-19-14)12-5-1-3-7-17-12/h1-8,11H,9-10H2,(H,18,19). The van der Waals surface area contributed by atoms with E-state index in [1.54, 1.807) is 42.7 Å². The van der Waals surface area contributed by atoms with Crippen molar-refractivity contribution in [2.75, 3.05) is 6.61 Å². The highest BCUT2D eigenvalue weighted by Gasteiger charge is 2.12. The molecule has 23 heavy (non-hydrogen) atoms. The smallest absolute Gasteiger partial charge is 0.356 e. The number of nitrogens with one attached hydrogen (secondary N) is 1. The number of aromatic nitrogens is 4. The van der Waals surface area contributed by atoms with Gasteiger partial charge in [0.2, 0.25) is 0 Å². The molecule has 3 aromatic rings. The second kappa shape index (κ2) is 6.69. The largest absolute Gasteiger partial charge is 0.459 e. The number of nitrogens with zero attached hydrogens (tertiary/aromatic N) is 3. The molecule has 0 aliphatic rings. The van der Waals surface area contributed by atoms with Crippen LogP contribution in [0.5, 0.6) is 0 Å². The number of carbonyl (C=O) groups excluding carboxylic acids is 1. The van der Waals surface area contributed by atoms with Crippen molar-refractivity contribution in [3.05, 3.63) is 70.9 Å². The first-order valence-corrected chi connectivity index (χ1v) is 7.03. The van der Waals surface area contributed by atoms with Crippen molar-refractivity contribution in [3.8, 4) is 11.4 Å². The van der Waals surface area contributed by atoms with Gasteiger partial charge in [-0.1, -0.05) is 12.1 Å². The minimum Gasteiger partial charge on any atom is -0.459 e. The molecule has 0 aliphatic carbocycles. The van der Waals surface area contributed by atoms with Crippen molar-refractivity contribution in [2.45, 2.75) is 6.54 Å². The Bertz CT molecular complexity index is 855. The molecule has 7 nitrogen and oxygen atoms in total. The molecule has 1 N–H and O–H groups in total. The zero-order valence-corrected chi connectivity index (χ0v) is 12.2. The second-order valence-corrected chi connectivity index (χ2v) is 4.75. The second-order valence-electron chi connectivity index (χ2n) is 4.75. The SMILES string of the molecule is O=C(OCCn1ccccc1=O)c1cc(-c2ccccn2)n[nH]1. The Morgan fingerprint density at radius 2 is 2.04 bits per heavy atom. The average molecular weight is 310 g/mol. The molecule has 3 rings (SSSR count). The van der Waals surface area contributed by atoms with Gasteiger partial charge in [-0.2, -0.15) is 5.10 Å². The molecule has 0 aliphatic heterocycles. The third-order valence-electron chi connectivity index (χ3n) is 3.19. The Hall–Kier alpha value is -3.22. The molecule has 0 spiro atoms. The molecule has 0 radical (unpaired) electrons. The fraction of sp³-hybridized carbons (Fsp3) is 0.125. The lowest BCUT2D eigenvalue weighted by molar-refractivity contribution is 0.0483. The maximum atomic E-state index is 12.0. The van der Waals surface area contributed by atoms with Crippen molar-refractivity contribution >= 4 is 5.97 Å². The van der Waals surface area contributed by atoms with E-state index >= 15 is 0 Å². The van der Waals surface area contributed by atoms with E-state index in [0.29, 0.717) is 17.9 Å². The van der Waals surface area contributed by atoms with Crippen molar-refractivity contribution in [1.82, 2.24) is 19.7 Å². The minimum absolute atomic E-state index is 0.0979. The molecule has 3 heterocycles. The number of H-pyrrole nitrogens is 1. The van der Waals surface area contributed by atoms with Gasteiger partial charge in [0.05, 0.1) is 12.2 Å². The lowest BCUT2D eigenvalue weighted by Crippen LogP contribution is -2.21. The topological polar surface area (TPSA) is 89.9 Å². The maximum absolute atomic E-state index is 12.0. The summed E-state index contributed by atoms with van der Waals surface area (Å²) in [5.41, 5.74) is 1.34. The Morgan fingerprint density at radius 1 is 1.17 bits per heavy atom. The van der Waals surface area contributed by atoms with Crippen molar-refractivity contribution < 1.29 is 9.53 Å². The van der Waals surface area contributed by atoms with Crippen LogP contribution in [0.1, 0.15) is 10.5 Å². The molecule has 0 atom stereocenters. The van der Waals surface area contributed by atoms with Gasteiger partial charge in [0.25, 0.3) is 5.56 Å². The van der Waals surface area contributed by atoms with Gasteiger partial charge in [-0.25, -0.2) is 4.79 Å². The first-order chi connectivity index (χ1) is 11.2. The quantitative estimate of drug-likeness (QED) is 0.721. The van der Waals surface area contributed by atoms with Crippen LogP contribution in [0, 0.1) is 0 Å². The highest BCUT2D eigenvalue weighted by Crippen LogP contribution is 2.14. The summed E-state index contributed by atoms with van der Waals surface area (Å²) in [5, 5.41) is 6.68. The van der Waals surface area contributed by atoms with Gasteiger partial charge in [-0.05, 0) is 18.2 Å². The van der Waals surface area contributed by atoms with Crippen molar-refractivity contribution in [3.63, 3.8) is 0 Å². The summed E-state index contributed by atoms with van der Waals surface area (Å²) < 4.78 is 6.62. The van der Waals surface area contributed by atoms with E-state index in [-0.39, 0.29) is 17.9 Å². The Kier molecular flexibility index (Phi) is 4.28. The lowest BCUT2D eigenvalue weighted by atomic mass is 10.2. The minimum atomic E-state index is -0.524. The van der Waals surface area contributed by atoms with Crippen LogP contribution in [-0.4, -0.2) is 32.3 Å². The van der Waals surface area contributed by atoms with Crippen LogP contribution in [0.2, 0.25) is 0 Å². The highest BCUT2D eigenvalue weighted by molar-refractivity contribution is 5.88. The molecule has 0 aromatic carbocycles. The monoisotopic (exact) mass is 310 g/mol. The van der Waals surface area contributed by atoms with Crippen molar-refractivity contribution in [1.29, 1.82) is 0 Å². The van der Waals surface area contributed by atoms with Gasteiger partial charge in [0.15, 0.2) is 0 Å². The fourth-order valence-electron chi connectivity index (χ4n) is 2.03. The van der Waals surface area contributed by atoms with Crippen molar-refractivity contribution in [2.24, 2.45) is 0 Å². The molecule has 0 fully saturated rings. The molecule has 0 bridgehead atoms. The van der Waals surface area contributed by atoms with Gasteiger partial charge in [-0.15, -0.1) is 0 Å². The van der Waals surface area contributed by atoms with Gasteiger partial charge in [-0.3, -0.25) is 14.9 Å². The van der Waals surface area contributed by atoms with Gasteiger partial charge < -0.3 is 9.30 Å². The predicted molar refractivity (Wildman–Crippen MR) is 82.8 cm³/mol. The van der Waals surface area contributed by atoms with Crippen LogP contribution in [0.4, 0.5) is 0 Å². The van der Waals surface area contributed by atoms with E-state index in [0.717, 1.165) is 0 Å². The lowest BCUT2D eigenvalue weighted by Gasteiger charge is -2.05.